The number of carbonyl (C=O) groups excluding carboxylic acids is 2. The summed E-state index contributed by atoms with van der Waals surface area (Å²) in [6.07, 6.45) is 6.68. The lowest BCUT2D eigenvalue weighted by Crippen LogP contribution is -2.65. The van der Waals surface area contributed by atoms with Gasteiger partial charge in [-0.2, -0.15) is 0 Å². The van der Waals surface area contributed by atoms with E-state index in [1.54, 1.807) is 17.0 Å². The number of anilines is 1. The zero-order valence-corrected chi connectivity index (χ0v) is 19.1. The maximum absolute atomic E-state index is 13.8. The number of hydrogen-bond donors (Lipinski definition) is 1. The molecule has 1 atom stereocenters. The Hall–Kier alpha value is -2.79. The fourth-order valence-electron chi connectivity index (χ4n) is 5.23. The normalized spacial score (nSPS) is 21.9. The molecule has 166 valence electrons. The number of carbonyl (C=O) groups is 2. The van der Waals surface area contributed by atoms with Crippen molar-refractivity contribution in [1.29, 1.82) is 0 Å². The average molecular weight is 450 g/mol. The van der Waals surface area contributed by atoms with Crippen LogP contribution in [0.25, 0.3) is 10.9 Å². The van der Waals surface area contributed by atoms with E-state index in [9.17, 15) is 9.59 Å². The largest absolute Gasteiger partial charge is 0.351 e. The third kappa shape index (κ3) is 3.58. The van der Waals surface area contributed by atoms with Gasteiger partial charge in [0.05, 0.1) is 6.54 Å². The maximum Gasteiger partial charge on any atom is 0.275 e. The third-order valence-corrected chi connectivity index (χ3v) is 7.17. The first-order valence-corrected chi connectivity index (χ1v) is 11.8. The Morgan fingerprint density at radius 3 is 2.53 bits per heavy atom. The second-order valence-electron chi connectivity index (χ2n) is 9.23. The van der Waals surface area contributed by atoms with Gasteiger partial charge in [-0.05, 0) is 50.1 Å². The molecule has 1 unspecified atom stereocenters. The Labute approximate surface area is 193 Å². The standard InChI is InChI=1S/C26H28ClN3O2/c1-26(25(32)28-20-11-4-2-3-5-12-20)17-29-22-14-7-6-9-18(22)15-23(29)24(31)30(26)21-13-8-10-19(27)16-21/h6-10,13-16,20H,2-5,11-12,17H2,1H3,(H,28,32). The smallest absolute Gasteiger partial charge is 0.275 e. The summed E-state index contributed by atoms with van der Waals surface area (Å²) in [6.45, 7) is 2.25. The van der Waals surface area contributed by atoms with E-state index in [2.05, 4.69) is 5.32 Å². The molecule has 1 aliphatic heterocycles. The molecule has 5 nitrogen and oxygen atoms in total. The summed E-state index contributed by atoms with van der Waals surface area (Å²) in [4.78, 5) is 29.3. The highest BCUT2D eigenvalue weighted by Gasteiger charge is 2.49. The van der Waals surface area contributed by atoms with Crippen LogP contribution in [0.1, 0.15) is 55.9 Å². The molecular formula is C26H28ClN3O2. The minimum Gasteiger partial charge on any atom is -0.351 e. The van der Waals surface area contributed by atoms with E-state index >= 15 is 0 Å². The van der Waals surface area contributed by atoms with Crippen molar-refractivity contribution in [1.82, 2.24) is 9.88 Å². The second kappa shape index (κ2) is 8.28. The highest BCUT2D eigenvalue weighted by atomic mass is 35.5. The van der Waals surface area contributed by atoms with Gasteiger partial charge in [-0.3, -0.25) is 14.5 Å². The summed E-state index contributed by atoms with van der Waals surface area (Å²) in [7, 11) is 0. The molecule has 0 bridgehead atoms. The Balaban J connectivity index is 1.60. The summed E-state index contributed by atoms with van der Waals surface area (Å²) in [5.74, 6) is -0.297. The summed E-state index contributed by atoms with van der Waals surface area (Å²) in [5.41, 5.74) is 1.11. The van der Waals surface area contributed by atoms with Gasteiger partial charge >= 0.3 is 0 Å². The number of aromatic nitrogens is 1. The first-order valence-electron chi connectivity index (χ1n) is 11.5. The molecule has 0 saturated heterocycles. The molecule has 6 heteroatoms. The third-order valence-electron chi connectivity index (χ3n) is 6.94. The van der Waals surface area contributed by atoms with Crippen LogP contribution in [0.15, 0.2) is 54.6 Å². The Bertz CT molecular complexity index is 1180. The molecule has 32 heavy (non-hydrogen) atoms. The predicted molar refractivity (Wildman–Crippen MR) is 128 cm³/mol. The van der Waals surface area contributed by atoms with Gasteiger partial charge in [-0.25, -0.2) is 0 Å². The van der Waals surface area contributed by atoms with E-state index in [0.717, 1.165) is 36.6 Å². The number of para-hydroxylation sites is 1. The monoisotopic (exact) mass is 449 g/mol. The summed E-state index contributed by atoms with van der Waals surface area (Å²) in [6, 6.07) is 17.2. The first kappa shape index (κ1) is 21.1. The highest BCUT2D eigenvalue weighted by Crippen LogP contribution is 2.37. The summed E-state index contributed by atoms with van der Waals surface area (Å²) in [5, 5.41) is 4.83. The zero-order chi connectivity index (χ0) is 22.3. The molecule has 0 radical (unpaired) electrons. The Morgan fingerprint density at radius 1 is 1.03 bits per heavy atom. The van der Waals surface area contributed by atoms with Crippen LogP contribution in [0.3, 0.4) is 0 Å². The topological polar surface area (TPSA) is 54.3 Å². The molecule has 2 amide bonds. The lowest BCUT2D eigenvalue weighted by atomic mass is 9.92. The quantitative estimate of drug-likeness (QED) is 0.533. The second-order valence-corrected chi connectivity index (χ2v) is 9.67. The van der Waals surface area contributed by atoms with Gasteiger partial charge in [-0.1, -0.05) is 61.5 Å². The van der Waals surface area contributed by atoms with Gasteiger partial charge < -0.3 is 9.88 Å². The number of benzene rings is 2. The van der Waals surface area contributed by atoms with Crippen LogP contribution < -0.4 is 10.2 Å². The van der Waals surface area contributed by atoms with Crippen molar-refractivity contribution >= 4 is 40.0 Å². The van der Waals surface area contributed by atoms with E-state index in [1.165, 1.54) is 12.8 Å². The minimum absolute atomic E-state index is 0.110. The van der Waals surface area contributed by atoms with Crippen LogP contribution in [0.5, 0.6) is 0 Å². The number of hydrogen-bond acceptors (Lipinski definition) is 2. The van der Waals surface area contributed by atoms with E-state index in [1.807, 2.05) is 54.0 Å². The lowest BCUT2D eigenvalue weighted by molar-refractivity contribution is -0.127. The van der Waals surface area contributed by atoms with Crippen molar-refractivity contribution in [2.45, 2.75) is 63.6 Å². The molecule has 1 fully saturated rings. The lowest BCUT2D eigenvalue weighted by Gasteiger charge is -2.44. The molecule has 3 aromatic rings. The van der Waals surface area contributed by atoms with Crippen LogP contribution in [0.2, 0.25) is 5.02 Å². The van der Waals surface area contributed by atoms with Crippen molar-refractivity contribution in [3.05, 3.63) is 65.3 Å². The van der Waals surface area contributed by atoms with E-state index in [-0.39, 0.29) is 17.9 Å². The van der Waals surface area contributed by atoms with Crippen molar-refractivity contribution in [3.63, 3.8) is 0 Å². The van der Waals surface area contributed by atoms with Gasteiger partial charge in [0.1, 0.15) is 11.2 Å². The molecule has 5 rings (SSSR count). The molecule has 2 aliphatic rings. The van der Waals surface area contributed by atoms with Crippen LogP contribution in [-0.2, 0) is 11.3 Å². The number of nitrogens with zero attached hydrogens (tertiary/aromatic N) is 2. The Morgan fingerprint density at radius 2 is 1.78 bits per heavy atom. The number of fused-ring (bicyclic) bond motifs is 3. The molecule has 0 spiro atoms. The fraction of sp³-hybridized carbons (Fsp3) is 0.385. The van der Waals surface area contributed by atoms with Crippen molar-refractivity contribution < 1.29 is 9.59 Å². The van der Waals surface area contributed by atoms with Gasteiger partial charge in [0.2, 0.25) is 5.91 Å². The number of nitrogens with one attached hydrogen (secondary N) is 1. The number of rotatable bonds is 3. The first-order chi connectivity index (χ1) is 15.5. The maximum atomic E-state index is 13.8. The summed E-state index contributed by atoms with van der Waals surface area (Å²) >= 11 is 6.28. The van der Waals surface area contributed by atoms with Crippen LogP contribution >= 0.6 is 11.6 Å². The van der Waals surface area contributed by atoms with Gasteiger partial charge in [0.25, 0.3) is 5.91 Å². The molecule has 1 saturated carbocycles. The SMILES string of the molecule is CC1(C(=O)NC2CCCCCC2)Cn2c(cc3ccccc32)C(=O)N1c1cccc(Cl)c1. The average Bonchev–Trinajstić information content (AvgIpc) is 2.95. The molecule has 1 aromatic heterocycles. The van der Waals surface area contributed by atoms with Crippen LogP contribution in [-0.4, -0.2) is 28.0 Å². The van der Waals surface area contributed by atoms with E-state index < -0.39 is 5.54 Å². The van der Waals surface area contributed by atoms with Crippen molar-refractivity contribution in [2.24, 2.45) is 0 Å². The summed E-state index contributed by atoms with van der Waals surface area (Å²) < 4.78 is 1.99. The molecule has 1 aliphatic carbocycles. The van der Waals surface area contributed by atoms with Gasteiger partial charge in [0.15, 0.2) is 0 Å². The molecular weight excluding hydrogens is 422 g/mol. The van der Waals surface area contributed by atoms with E-state index in [4.69, 9.17) is 11.6 Å². The highest BCUT2D eigenvalue weighted by molar-refractivity contribution is 6.31. The zero-order valence-electron chi connectivity index (χ0n) is 18.3. The molecule has 2 aromatic carbocycles. The van der Waals surface area contributed by atoms with Gasteiger partial charge in [-0.15, -0.1) is 0 Å². The van der Waals surface area contributed by atoms with Crippen LogP contribution in [0.4, 0.5) is 5.69 Å². The predicted octanol–water partition coefficient (Wildman–Crippen LogP) is 5.55. The van der Waals surface area contributed by atoms with E-state index in [0.29, 0.717) is 22.9 Å². The number of amides is 2. The Kier molecular flexibility index (Phi) is 5.46. The molecule has 2 heterocycles. The van der Waals surface area contributed by atoms with Crippen molar-refractivity contribution in [3.8, 4) is 0 Å². The molecule has 1 N–H and O–H groups in total. The minimum atomic E-state index is -1.08. The van der Waals surface area contributed by atoms with Crippen molar-refractivity contribution in [2.75, 3.05) is 4.90 Å². The van der Waals surface area contributed by atoms with Crippen LogP contribution in [0, 0.1) is 0 Å². The van der Waals surface area contributed by atoms with Gasteiger partial charge in [0, 0.05) is 27.7 Å². The fourth-order valence-corrected chi connectivity index (χ4v) is 5.42. The number of halogens is 1.